The molecule has 0 saturated carbocycles. The summed E-state index contributed by atoms with van der Waals surface area (Å²) >= 11 is 0. The van der Waals surface area contributed by atoms with E-state index in [1.807, 2.05) is 19.3 Å². The number of rotatable bonds is 7. The predicted molar refractivity (Wildman–Crippen MR) is 65.5 cm³/mol. The zero-order chi connectivity index (χ0) is 11.8. The fourth-order valence-electron chi connectivity index (χ4n) is 1.18. The van der Waals surface area contributed by atoms with E-state index in [0.29, 0.717) is 11.9 Å². The van der Waals surface area contributed by atoms with Crippen LogP contribution < -0.4 is 5.32 Å². The maximum absolute atomic E-state index is 5.47. The Labute approximate surface area is 97.5 Å². The summed E-state index contributed by atoms with van der Waals surface area (Å²) in [4.78, 5) is 8.32. The molecule has 0 unspecified atom stereocenters. The van der Waals surface area contributed by atoms with Crippen LogP contribution in [0.2, 0.25) is 0 Å². The van der Waals surface area contributed by atoms with Gasteiger partial charge in [-0.3, -0.25) is 0 Å². The summed E-state index contributed by atoms with van der Waals surface area (Å²) in [6.45, 7) is 8.75. The van der Waals surface area contributed by atoms with E-state index in [4.69, 9.17) is 4.74 Å². The van der Waals surface area contributed by atoms with Crippen LogP contribution in [0, 0.1) is 12.8 Å². The SMILES string of the molecule is Cc1cnc(NCCCOCC(C)C)nc1. The third-order valence-electron chi connectivity index (χ3n) is 1.98. The van der Waals surface area contributed by atoms with E-state index in [1.54, 1.807) is 0 Å². The van der Waals surface area contributed by atoms with Gasteiger partial charge in [-0.2, -0.15) is 0 Å². The predicted octanol–water partition coefficient (Wildman–Crippen LogP) is 2.26. The molecule has 0 radical (unpaired) electrons. The van der Waals surface area contributed by atoms with E-state index in [9.17, 15) is 0 Å². The first-order valence-electron chi connectivity index (χ1n) is 5.78. The molecule has 0 aliphatic heterocycles. The molecule has 16 heavy (non-hydrogen) atoms. The monoisotopic (exact) mass is 223 g/mol. The molecule has 0 saturated heterocycles. The summed E-state index contributed by atoms with van der Waals surface area (Å²) in [6.07, 6.45) is 4.60. The average Bonchev–Trinajstić information content (AvgIpc) is 2.25. The van der Waals surface area contributed by atoms with Crippen LogP contribution in [-0.4, -0.2) is 29.7 Å². The average molecular weight is 223 g/mol. The number of hydrogen-bond acceptors (Lipinski definition) is 4. The lowest BCUT2D eigenvalue weighted by Crippen LogP contribution is -2.10. The molecule has 1 N–H and O–H groups in total. The van der Waals surface area contributed by atoms with Crippen LogP contribution in [0.5, 0.6) is 0 Å². The molecule has 1 rings (SSSR count). The molecule has 0 aliphatic rings. The second-order valence-electron chi connectivity index (χ2n) is 4.33. The van der Waals surface area contributed by atoms with Crippen molar-refractivity contribution in [2.24, 2.45) is 5.92 Å². The van der Waals surface area contributed by atoms with Crippen molar-refractivity contribution in [3.8, 4) is 0 Å². The number of aryl methyl sites for hydroxylation is 1. The molecule has 0 bridgehead atoms. The van der Waals surface area contributed by atoms with Crippen LogP contribution in [-0.2, 0) is 4.74 Å². The molecule has 1 aromatic heterocycles. The zero-order valence-electron chi connectivity index (χ0n) is 10.4. The number of hydrogen-bond donors (Lipinski definition) is 1. The Kier molecular flexibility index (Phi) is 5.78. The Bertz CT molecular complexity index is 285. The van der Waals surface area contributed by atoms with Crippen molar-refractivity contribution in [2.75, 3.05) is 25.1 Å². The highest BCUT2D eigenvalue weighted by Gasteiger charge is 1.96. The lowest BCUT2D eigenvalue weighted by atomic mass is 10.2. The molecule has 4 heteroatoms. The van der Waals surface area contributed by atoms with E-state index in [2.05, 4.69) is 29.1 Å². The number of nitrogens with one attached hydrogen (secondary N) is 1. The van der Waals surface area contributed by atoms with Crippen molar-refractivity contribution in [3.05, 3.63) is 18.0 Å². The van der Waals surface area contributed by atoms with Gasteiger partial charge in [0.15, 0.2) is 0 Å². The molecule has 0 amide bonds. The quantitative estimate of drug-likeness (QED) is 0.720. The summed E-state index contributed by atoms with van der Waals surface area (Å²) in [6, 6.07) is 0. The van der Waals surface area contributed by atoms with Gasteiger partial charge in [-0.1, -0.05) is 13.8 Å². The number of anilines is 1. The van der Waals surface area contributed by atoms with Gasteiger partial charge in [0, 0.05) is 32.2 Å². The fourth-order valence-corrected chi connectivity index (χ4v) is 1.18. The molecular formula is C12H21N3O. The van der Waals surface area contributed by atoms with Gasteiger partial charge >= 0.3 is 0 Å². The van der Waals surface area contributed by atoms with Crippen molar-refractivity contribution in [1.82, 2.24) is 9.97 Å². The highest BCUT2D eigenvalue weighted by Crippen LogP contribution is 1.99. The molecule has 0 atom stereocenters. The molecule has 0 aromatic carbocycles. The first-order valence-corrected chi connectivity index (χ1v) is 5.78. The van der Waals surface area contributed by atoms with Crippen molar-refractivity contribution in [3.63, 3.8) is 0 Å². The van der Waals surface area contributed by atoms with Crippen molar-refractivity contribution >= 4 is 5.95 Å². The van der Waals surface area contributed by atoms with Gasteiger partial charge in [0.1, 0.15) is 0 Å². The topological polar surface area (TPSA) is 47.0 Å². The van der Waals surface area contributed by atoms with Crippen LogP contribution in [0.1, 0.15) is 25.8 Å². The maximum atomic E-state index is 5.47. The van der Waals surface area contributed by atoms with Crippen molar-refractivity contribution < 1.29 is 4.74 Å². The lowest BCUT2D eigenvalue weighted by Gasteiger charge is -2.07. The normalized spacial score (nSPS) is 10.8. The first-order chi connectivity index (χ1) is 7.68. The summed E-state index contributed by atoms with van der Waals surface area (Å²) in [5, 5.41) is 3.16. The molecule has 1 heterocycles. The van der Waals surface area contributed by atoms with Crippen molar-refractivity contribution in [2.45, 2.75) is 27.2 Å². The number of ether oxygens (including phenoxy) is 1. The maximum Gasteiger partial charge on any atom is 0.222 e. The molecule has 90 valence electrons. The largest absolute Gasteiger partial charge is 0.381 e. The van der Waals surface area contributed by atoms with Gasteiger partial charge in [-0.05, 0) is 24.8 Å². The Hall–Kier alpha value is -1.16. The van der Waals surface area contributed by atoms with Gasteiger partial charge in [0.2, 0.25) is 5.95 Å². The Balaban J connectivity index is 2.05. The van der Waals surface area contributed by atoms with E-state index in [-0.39, 0.29) is 0 Å². The Morgan fingerprint density at radius 1 is 1.31 bits per heavy atom. The van der Waals surface area contributed by atoms with Crippen LogP contribution in [0.4, 0.5) is 5.95 Å². The van der Waals surface area contributed by atoms with Gasteiger partial charge in [0.25, 0.3) is 0 Å². The number of nitrogens with zero attached hydrogens (tertiary/aromatic N) is 2. The van der Waals surface area contributed by atoms with E-state index in [1.165, 1.54) is 0 Å². The van der Waals surface area contributed by atoms with Crippen molar-refractivity contribution in [1.29, 1.82) is 0 Å². The number of aromatic nitrogens is 2. The third kappa shape index (κ3) is 5.66. The molecule has 4 nitrogen and oxygen atoms in total. The van der Waals surface area contributed by atoms with Gasteiger partial charge in [0.05, 0.1) is 0 Å². The van der Waals surface area contributed by atoms with Crippen LogP contribution in [0.3, 0.4) is 0 Å². The van der Waals surface area contributed by atoms with E-state index < -0.39 is 0 Å². The highest BCUT2D eigenvalue weighted by atomic mass is 16.5. The van der Waals surface area contributed by atoms with Crippen LogP contribution in [0.25, 0.3) is 0 Å². The summed E-state index contributed by atoms with van der Waals surface area (Å²) in [5.41, 5.74) is 1.07. The molecule has 0 aliphatic carbocycles. The van der Waals surface area contributed by atoms with Gasteiger partial charge in [-0.15, -0.1) is 0 Å². The van der Waals surface area contributed by atoms with E-state index in [0.717, 1.165) is 31.7 Å². The van der Waals surface area contributed by atoms with Crippen LogP contribution in [0.15, 0.2) is 12.4 Å². The smallest absolute Gasteiger partial charge is 0.222 e. The summed E-state index contributed by atoms with van der Waals surface area (Å²) in [7, 11) is 0. The molecular weight excluding hydrogens is 202 g/mol. The first kappa shape index (κ1) is 12.9. The highest BCUT2D eigenvalue weighted by molar-refractivity contribution is 5.23. The van der Waals surface area contributed by atoms with Gasteiger partial charge < -0.3 is 10.1 Å². The lowest BCUT2D eigenvalue weighted by molar-refractivity contribution is 0.110. The standard InChI is InChI=1S/C12H21N3O/c1-10(2)9-16-6-4-5-13-12-14-7-11(3)8-15-12/h7-8,10H,4-6,9H2,1-3H3,(H,13,14,15). The Morgan fingerprint density at radius 2 is 2.00 bits per heavy atom. The fraction of sp³-hybridized carbons (Fsp3) is 0.667. The van der Waals surface area contributed by atoms with Crippen LogP contribution >= 0.6 is 0 Å². The minimum Gasteiger partial charge on any atom is -0.381 e. The Morgan fingerprint density at radius 3 is 2.62 bits per heavy atom. The molecule has 0 fully saturated rings. The minimum absolute atomic E-state index is 0.605. The molecule has 0 spiro atoms. The summed E-state index contributed by atoms with van der Waals surface area (Å²) < 4.78 is 5.47. The van der Waals surface area contributed by atoms with E-state index >= 15 is 0 Å². The second-order valence-corrected chi connectivity index (χ2v) is 4.33. The zero-order valence-corrected chi connectivity index (χ0v) is 10.4. The van der Waals surface area contributed by atoms with Gasteiger partial charge in [-0.25, -0.2) is 9.97 Å². The second kappa shape index (κ2) is 7.17. The molecule has 1 aromatic rings. The minimum atomic E-state index is 0.605. The third-order valence-corrected chi connectivity index (χ3v) is 1.98. The summed E-state index contributed by atoms with van der Waals surface area (Å²) in [5.74, 6) is 1.29.